The van der Waals surface area contributed by atoms with E-state index in [2.05, 4.69) is 41.5 Å². The lowest BCUT2D eigenvalue weighted by atomic mass is 10.2. The zero-order valence-corrected chi connectivity index (χ0v) is 10.1. The molecule has 0 aromatic carbocycles. The van der Waals surface area contributed by atoms with Gasteiger partial charge in [0.05, 0.1) is 10.2 Å². The van der Waals surface area contributed by atoms with Gasteiger partial charge in [-0.25, -0.2) is 9.97 Å². The number of hydrogen-bond donors (Lipinski definition) is 0. The maximum Gasteiger partial charge on any atom is 0.132 e. The monoisotopic (exact) mass is 224 g/mol. The molecule has 2 aromatic heterocycles. The molecule has 2 nitrogen and oxygen atoms in total. The van der Waals surface area contributed by atoms with Gasteiger partial charge < -0.3 is 0 Å². The van der Waals surface area contributed by atoms with Crippen molar-refractivity contribution in [3.63, 3.8) is 0 Å². The molecule has 0 atom stereocenters. The SMILES string of the molecule is CSc1nc(C(C)C)nc2ccsc12. The van der Waals surface area contributed by atoms with Gasteiger partial charge in [0, 0.05) is 5.92 Å². The Kier molecular flexibility index (Phi) is 2.74. The van der Waals surface area contributed by atoms with E-state index < -0.39 is 0 Å². The van der Waals surface area contributed by atoms with Crippen molar-refractivity contribution in [1.82, 2.24) is 9.97 Å². The molecule has 14 heavy (non-hydrogen) atoms. The fourth-order valence-electron chi connectivity index (χ4n) is 1.25. The van der Waals surface area contributed by atoms with Crippen LogP contribution in [0.3, 0.4) is 0 Å². The van der Waals surface area contributed by atoms with E-state index in [4.69, 9.17) is 0 Å². The lowest BCUT2D eigenvalue weighted by Gasteiger charge is -2.05. The summed E-state index contributed by atoms with van der Waals surface area (Å²) in [6.07, 6.45) is 2.06. The molecule has 0 fully saturated rings. The molecule has 2 rings (SSSR count). The molecule has 0 aliphatic heterocycles. The molecule has 2 heterocycles. The highest BCUT2D eigenvalue weighted by Crippen LogP contribution is 2.29. The molecule has 0 unspecified atom stereocenters. The largest absolute Gasteiger partial charge is 0.232 e. The highest BCUT2D eigenvalue weighted by molar-refractivity contribution is 7.98. The van der Waals surface area contributed by atoms with Crippen LogP contribution in [0.15, 0.2) is 16.5 Å². The van der Waals surface area contributed by atoms with E-state index in [1.54, 1.807) is 23.1 Å². The predicted octanol–water partition coefficient (Wildman–Crippen LogP) is 3.54. The van der Waals surface area contributed by atoms with Gasteiger partial charge in [-0.15, -0.1) is 23.1 Å². The number of rotatable bonds is 2. The molecule has 0 aliphatic carbocycles. The topological polar surface area (TPSA) is 25.8 Å². The molecule has 0 radical (unpaired) electrons. The third-order valence-corrected chi connectivity index (χ3v) is 3.72. The number of nitrogens with zero attached hydrogens (tertiary/aromatic N) is 2. The Hall–Kier alpha value is -0.610. The van der Waals surface area contributed by atoms with E-state index in [9.17, 15) is 0 Å². The molecule has 74 valence electrons. The Morgan fingerprint density at radius 3 is 2.79 bits per heavy atom. The zero-order chi connectivity index (χ0) is 10.1. The van der Waals surface area contributed by atoms with Crippen LogP contribution in [0.1, 0.15) is 25.6 Å². The molecular weight excluding hydrogens is 212 g/mol. The molecule has 0 aliphatic rings. The molecule has 0 saturated carbocycles. The first-order valence-corrected chi connectivity index (χ1v) is 6.62. The smallest absolute Gasteiger partial charge is 0.132 e. The number of hydrogen-bond acceptors (Lipinski definition) is 4. The van der Waals surface area contributed by atoms with Gasteiger partial charge in [0.25, 0.3) is 0 Å². The summed E-state index contributed by atoms with van der Waals surface area (Å²) in [4.78, 5) is 9.08. The van der Waals surface area contributed by atoms with Crippen LogP contribution in [0.2, 0.25) is 0 Å². The van der Waals surface area contributed by atoms with Crippen molar-refractivity contribution in [2.24, 2.45) is 0 Å². The van der Waals surface area contributed by atoms with E-state index in [0.717, 1.165) is 16.4 Å². The Bertz CT molecular complexity index is 448. The summed E-state index contributed by atoms with van der Waals surface area (Å²) in [7, 11) is 0. The van der Waals surface area contributed by atoms with Crippen molar-refractivity contribution in [1.29, 1.82) is 0 Å². The van der Waals surface area contributed by atoms with Crippen molar-refractivity contribution in [2.45, 2.75) is 24.8 Å². The van der Waals surface area contributed by atoms with Gasteiger partial charge in [0.2, 0.25) is 0 Å². The third-order valence-electron chi connectivity index (χ3n) is 2.00. The minimum Gasteiger partial charge on any atom is -0.232 e. The van der Waals surface area contributed by atoms with Crippen LogP contribution in [-0.2, 0) is 0 Å². The Morgan fingerprint density at radius 1 is 1.36 bits per heavy atom. The summed E-state index contributed by atoms with van der Waals surface area (Å²) in [5.74, 6) is 1.34. The van der Waals surface area contributed by atoms with Gasteiger partial charge in [0.15, 0.2) is 0 Å². The maximum absolute atomic E-state index is 4.55. The molecule has 0 N–H and O–H groups in total. The number of fused-ring (bicyclic) bond motifs is 1. The van der Waals surface area contributed by atoms with Crippen LogP contribution in [0, 0.1) is 0 Å². The Balaban J connectivity index is 2.67. The fraction of sp³-hybridized carbons (Fsp3) is 0.400. The predicted molar refractivity (Wildman–Crippen MR) is 63.3 cm³/mol. The van der Waals surface area contributed by atoms with Crippen LogP contribution in [0.4, 0.5) is 0 Å². The molecule has 0 amide bonds. The molecule has 0 bridgehead atoms. The van der Waals surface area contributed by atoms with Crippen LogP contribution < -0.4 is 0 Å². The minimum absolute atomic E-state index is 0.394. The lowest BCUT2D eigenvalue weighted by Crippen LogP contribution is -1.98. The van der Waals surface area contributed by atoms with Crippen molar-refractivity contribution < 1.29 is 0 Å². The first-order chi connectivity index (χ1) is 6.72. The Morgan fingerprint density at radius 2 is 2.14 bits per heavy atom. The second-order valence-corrected chi connectivity index (χ2v) is 5.09. The maximum atomic E-state index is 4.55. The average Bonchev–Trinajstić information content (AvgIpc) is 2.63. The van der Waals surface area contributed by atoms with Gasteiger partial charge in [-0.2, -0.15) is 0 Å². The van der Waals surface area contributed by atoms with Gasteiger partial charge >= 0.3 is 0 Å². The zero-order valence-electron chi connectivity index (χ0n) is 8.44. The van der Waals surface area contributed by atoms with Crippen molar-refractivity contribution >= 4 is 33.3 Å². The number of thiophene rings is 1. The summed E-state index contributed by atoms with van der Waals surface area (Å²) < 4.78 is 1.21. The van der Waals surface area contributed by atoms with Crippen molar-refractivity contribution in [3.8, 4) is 0 Å². The standard InChI is InChI=1S/C10H12N2S2/c1-6(2)9-11-7-4-5-14-8(7)10(12-9)13-3/h4-6H,1-3H3. The average molecular weight is 224 g/mol. The van der Waals surface area contributed by atoms with Gasteiger partial charge in [0.1, 0.15) is 10.9 Å². The summed E-state index contributed by atoms with van der Waals surface area (Å²) in [6.45, 7) is 4.25. The normalized spacial score (nSPS) is 11.4. The van der Waals surface area contributed by atoms with Crippen molar-refractivity contribution in [2.75, 3.05) is 6.26 Å². The van der Waals surface area contributed by atoms with E-state index in [1.807, 2.05) is 0 Å². The van der Waals surface area contributed by atoms with Gasteiger partial charge in [-0.3, -0.25) is 0 Å². The summed E-state index contributed by atoms with van der Waals surface area (Å²) in [5, 5.41) is 3.18. The molecular formula is C10H12N2S2. The van der Waals surface area contributed by atoms with E-state index >= 15 is 0 Å². The van der Waals surface area contributed by atoms with E-state index in [-0.39, 0.29) is 0 Å². The van der Waals surface area contributed by atoms with Crippen LogP contribution in [-0.4, -0.2) is 16.2 Å². The second-order valence-electron chi connectivity index (χ2n) is 3.38. The first kappa shape index (κ1) is 9.93. The molecule has 0 saturated heterocycles. The van der Waals surface area contributed by atoms with E-state index in [0.29, 0.717) is 5.92 Å². The van der Waals surface area contributed by atoms with E-state index in [1.165, 1.54) is 4.70 Å². The van der Waals surface area contributed by atoms with Gasteiger partial charge in [-0.1, -0.05) is 13.8 Å². The van der Waals surface area contributed by atoms with Gasteiger partial charge in [-0.05, 0) is 17.7 Å². The number of thioether (sulfide) groups is 1. The highest BCUT2D eigenvalue weighted by Gasteiger charge is 2.10. The summed E-state index contributed by atoms with van der Waals surface area (Å²) >= 11 is 3.41. The minimum atomic E-state index is 0.394. The third kappa shape index (κ3) is 1.64. The quantitative estimate of drug-likeness (QED) is 0.576. The number of aromatic nitrogens is 2. The first-order valence-electron chi connectivity index (χ1n) is 4.51. The molecule has 0 spiro atoms. The molecule has 2 aromatic rings. The van der Waals surface area contributed by atoms with Crippen LogP contribution >= 0.6 is 23.1 Å². The summed E-state index contributed by atoms with van der Waals surface area (Å²) in [5.41, 5.74) is 1.08. The second kappa shape index (κ2) is 3.87. The van der Waals surface area contributed by atoms with Crippen LogP contribution in [0.25, 0.3) is 10.2 Å². The highest BCUT2D eigenvalue weighted by atomic mass is 32.2. The van der Waals surface area contributed by atoms with Crippen LogP contribution in [0.5, 0.6) is 0 Å². The fourth-order valence-corrected chi connectivity index (χ4v) is 2.83. The molecule has 4 heteroatoms. The lowest BCUT2D eigenvalue weighted by molar-refractivity contribution is 0.767. The summed E-state index contributed by atoms with van der Waals surface area (Å²) in [6, 6.07) is 2.06. The Labute approximate surface area is 91.8 Å². The van der Waals surface area contributed by atoms with Crippen molar-refractivity contribution in [3.05, 3.63) is 17.3 Å².